The summed E-state index contributed by atoms with van der Waals surface area (Å²) in [6.07, 6.45) is 0.401. The van der Waals surface area contributed by atoms with Crippen LogP contribution in [0.5, 0.6) is 0 Å². The van der Waals surface area contributed by atoms with Crippen LogP contribution in [0.2, 0.25) is 0 Å². The van der Waals surface area contributed by atoms with Crippen LogP contribution in [-0.4, -0.2) is 19.0 Å². The summed E-state index contributed by atoms with van der Waals surface area (Å²) >= 11 is 0. The molecule has 1 amide bonds. The number of anilines is 1. The minimum absolute atomic E-state index is 0.0452. The molecule has 0 bridgehead atoms. The van der Waals surface area contributed by atoms with Gasteiger partial charge in [0.2, 0.25) is 5.91 Å². The number of benzene rings is 1. The van der Waals surface area contributed by atoms with E-state index in [-0.39, 0.29) is 11.8 Å². The van der Waals surface area contributed by atoms with Gasteiger partial charge in [-0.2, -0.15) is 5.26 Å². The third kappa shape index (κ3) is 2.88. The molecule has 0 spiro atoms. The van der Waals surface area contributed by atoms with Gasteiger partial charge in [0.25, 0.3) is 0 Å². The maximum atomic E-state index is 12.0. The molecule has 94 valence electrons. The average molecular weight is 243 g/mol. The highest BCUT2D eigenvalue weighted by Gasteiger charge is 2.29. The molecule has 0 aromatic heterocycles. The van der Waals surface area contributed by atoms with E-state index in [1.54, 1.807) is 0 Å². The molecule has 2 rings (SSSR count). The maximum Gasteiger partial charge on any atom is 0.229 e. The summed E-state index contributed by atoms with van der Waals surface area (Å²) in [6, 6.07) is 9.53. The fourth-order valence-corrected chi connectivity index (χ4v) is 2.19. The first-order valence-electron chi connectivity index (χ1n) is 6.18. The maximum absolute atomic E-state index is 12.0. The smallest absolute Gasteiger partial charge is 0.229 e. The predicted molar refractivity (Wildman–Crippen MR) is 69.9 cm³/mol. The zero-order valence-electron chi connectivity index (χ0n) is 10.4. The topological polar surface area (TPSA) is 64.9 Å². The lowest BCUT2D eigenvalue weighted by molar-refractivity contribution is -0.120. The van der Waals surface area contributed by atoms with Crippen molar-refractivity contribution >= 4 is 11.6 Å². The van der Waals surface area contributed by atoms with Gasteiger partial charge in [-0.1, -0.05) is 19.1 Å². The van der Waals surface area contributed by atoms with Crippen molar-refractivity contribution < 1.29 is 4.79 Å². The van der Waals surface area contributed by atoms with Crippen molar-refractivity contribution in [3.63, 3.8) is 0 Å². The number of amides is 1. The van der Waals surface area contributed by atoms with Crippen molar-refractivity contribution in [3.8, 4) is 6.07 Å². The summed E-state index contributed by atoms with van der Waals surface area (Å²) in [4.78, 5) is 12.0. The van der Waals surface area contributed by atoms with Gasteiger partial charge >= 0.3 is 0 Å². The highest BCUT2D eigenvalue weighted by Crippen LogP contribution is 2.18. The fourth-order valence-electron chi connectivity index (χ4n) is 2.19. The molecular formula is C14H17N3O. The molecule has 1 fully saturated rings. The van der Waals surface area contributed by atoms with Gasteiger partial charge in [0.15, 0.2) is 0 Å². The van der Waals surface area contributed by atoms with Crippen molar-refractivity contribution in [1.82, 2.24) is 5.32 Å². The van der Waals surface area contributed by atoms with Gasteiger partial charge < -0.3 is 10.6 Å². The monoisotopic (exact) mass is 243 g/mol. The Hall–Kier alpha value is -1.86. The molecule has 0 unspecified atom stereocenters. The van der Waals surface area contributed by atoms with Crippen LogP contribution in [0.15, 0.2) is 24.3 Å². The van der Waals surface area contributed by atoms with Gasteiger partial charge in [-0.25, -0.2) is 0 Å². The molecule has 1 heterocycles. The fraction of sp³-hybridized carbons (Fsp3) is 0.429. The highest BCUT2D eigenvalue weighted by atomic mass is 16.1. The molecule has 1 aliphatic rings. The second-order valence-corrected chi connectivity index (χ2v) is 4.76. The molecule has 2 N–H and O–H groups in total. The number of hydrogen-bond donors (Lipinski definition) is 2. The van der Waals surface area contributed by atoms with Crippen molar-refractivity contribution in [2.75, 3.05) is 18.4 Å². The molecule has 1 aromatic rings. The summed E-state index contributed by atoms with van der Waals surface area (Å²) in [6.45, 7) is 3.74. The quantitative estimate of drug-likeness (QED) is 0.846. The van der Waals surface area contributed by atoms with Crippen molar-refractivity contribution in [2.45, 2.75) is 13.3 Å². The number of rotatable bonds is 3. The first kappa shape index (κ1) is 12.6. The van der Waals surface area contributed by atoms with Crippen LogP contribution in [0.4, 0.5) is 5.69 Å². The summed E-state index contributed by atoms with van der Waals surface area (Å²) in [7, 11) is 0. The SMILES string of the molecule is C[C@@H]1CNC[C@H]1C(=O)Nc1ccc(CC#N)cc1. The molecule has 0 aliphatic carbocycles. The van der Waals surface area contributed by atoms with Gasteiger partial charge in [0, 0.05) is 12.2 Å². The second-order valence-electron chi connectivity index (χ2n) is 4.76. The lowest BCUT2D eigenvalue weighted by Crippen LogP contribution is -2.27. The van der Waals surface area contributed by atoms with E-state index in [1.165, 1.54) is 0 Å². The summed E-state index contributed by atoms with van der Waals surface area (Å²) in [5.74, 6) is 0.493. The third-order valence-electron chi connectivity index (χ3n) is 3.36. The first-order valence-corrected chi connectivity index (χ1v) is 6.18. The highest BCUT2D eigenvalue weighted by molar-refractivity contribution is 5.93. The molecule has 1 aromatic carbocycles. The van der Waals surface area contributed by atoms with Crippen LogP contribution in [0.25, 0.3) is 0 Å². The van der Waals surface area contributed by atoms with Crippen LogP contribution in [0.3, 0.4) is 0 Å². The normalized spacial score (nSPS) is 22.4. The molecule has 0 radical (unpaired) electrons. The summed E-state index contributed by atoms with van der Waals surface area (Å²) in [5, 5.41) is 14.7. The first-order chi connectivity index (χ1) is 8.70. The van der Waals surface area contributed by atoms with Crippen molar-refractivity contribution in [3.05, 3.63) is 29.8 Å². The lowest BCUT2D eigenvalue weighted by atomic mass is 9.97. The zero-order chi connectivity index (χ0) is 13.0. The van der Waals surface area contributed by atoms with Gasteiger partial charge in [-0.15, -0.1) is 0 Å². The number of carbonyl (C=O) groups is 1. The molecule has 1 aliphatic heterocycles. The minimum Gasteiger partial charge on any atom is -0.326 e. The Morgan fingerprint density at radius 3 is 2.72 bits per heavy atom. The molecule has 4 heteroatoms. The van der Waals surface area contributed by atoms with Crippen LogP contribution in [0.1, 0.15) is 12.5 Å². The van der Waals surface area contributed by atoms with E-state index in [2.05, 4.69) is 23.6 Å². The van der Waals surface area contributed by atoms with Crippen molar-refractivity contribution in [1.29, 1.82) is 5.26 Å². The zero-order valence-corrected chi connectivity index (χ0v) is 10.4. The van der Waals surface area contributed by atoms with Crippen LogP contribution < -0.4 is 10.6 Å². The minimum atomic E-state index is 0.0452. The van der Waals surface area contributed by atoms with E-state index in [4.69, 9.17) is 5.26 Å². The molecule has 2 atom stereocenters. The van der Waals surface area contributed by atoms with E-state index >= 15 is 0 Å². The van der Waals surface area contributed by atoms with Gasteiger partial charge in [0.1, 0.15) is 0 Å². The molecule has 1 saturated heterocycles. The Kier molecular flexibility index (Phi) is 3.96. The molecule has 4 nitrogen and oxygen atoms in total. The van der Waals surface area contributed by atoms with Crippen LogP contribution in [-0.2, 0) is 11.2 Å². The number of nitriles is 1. The Bertz CT molecular complexity index is 461. The lowest BCUT2D eigenvalue weighted by Gasteiger charge is -2.14. The Morgan fingerprint density at radius 2 is 2.17 bits per heavy atom. The van der Waals surface area contributed by atoms with E-state index in [9.17, 15) is 4.79 Å². The van der Waals surface area contributed by atoms with E-state index in [1.807, 2.05) is 24.3 Å². The number of nitrogens with one attached hydrogen (secondary N) is 2. The Morgan fingerprint density at radius 1 is 1.44 bits per heavy atom. The molecule has 0 saturated carbocycles. The Balaban J connectivity index is 1.97. The van der Waals surface area contributed by atoms with Gasteiger partial charge in [-0.3, -0.25) is 4.79 Å². The van der Waals surface area contributed by atoms with E-state index in [0.717, 1.165) is 24.3 Å². The van der Waals surface area contributed by atoms with Crippen LogP contribution in [0, 0.1) is 23.2 Å². The standard InChI is InChI=1S/C14H17N3O/c1-10-8-16-9-13(10)14(18)17-12-4-2-11(3-5-12)6-7-15/h2-5,10,13,16H,6,8-9H2,1H3,(H,17,18)/t10-,13-/m1/s1. The van der Waals surface area contributed by atoms with Gasteiger partial charge in [-0.05, 0) is 30.2 Å². The third-order valence-corrected chi connectivity index (χ3v) is 3.36. The summed E-state index contributed by atoms with van der Waals surface area (Å²) in [5.41, 5.74) is 1.76. The van der Waals surface area contributed by atoms with E-state index < -0.39 is 0 Å². The second kappa shape index (κ2) is 5.65. The number of nitrogens with zero attached hydrogens (tertiary/aromatic N) is 1. The molecule has 18 heavy (non-hydrogen) atoms. The number of carbonyl (C=O) groups excluding carboxylic acids is 1. The van der Waals surface area contributed by atoms with E-state index in [0.29, 0.717) is 12.3 Å². The van der Waals surface area contributed by atoms with Crippen molar-refractivity contribution in [2.24, 2.45) is 11.8 Å². The Labute approximate surface area is 107 Å². The van der Waals surface area contributed by atoms with Gasteiger partial charge in [0.05, 0.1) is 18.4 Å². The predicted octanol–water partition coefficient (Wildman–Crippen LogP) is 1.55. The van der Waals surface area contributed by atoms with Crippen LogP contribution >= 0.6 is 0 Å². The summed E-state index contributed by atoms with van der Waals surface area (Å²) < 4.78 is 0. The largest absolute Gasteiger partial charge is 0.326 e. The number of hydrogen-bond acceptors (Lipinski definition) is 3. The average Bonchev–Trinajstić information content (AvgIpc) is 2.78. The molecular weight excluding hydrogens is 226 g/mol.